The van der Waals surface area contributed by atoms with Crippen LogP contribution in [0.1, 0.15) is 39.6 Å². The lowest BCUT2D eigenvalue weighted by Crippen LogP contribution is -2.29. The molecule has 1 atom stereocenters. The Kier molecular flexibility index (Phi) is 3.28. The lowest BCUT2D eigenvalue weighted by molar-refractivity contribution is -0.158. The first kappa shape index (κ1) is 12.2. The van der Waals surface area contributed by atoms with Crippen molar-refractivity contribution in [3.05, 3.63) is 12.2 Å². The van der Waals surface area contributed by atoms with Gasteiger partial charge in [0.15, 0.2) is 0 Å². The van der Waals surface area contributed by atoms with E-state index in [2.05, 4.69) is 10.1 Å². The molecular formula is C10H14N4O2. The predicted octanol–water partition coefficient (Wildman–Crippen LogP) is 1.05. The maximum atomic E-state index is 11.7. The molecule has 6 heteroatoms. The summed E-state index contributed by atoms with van der Waals surface area (Å²) >= 11 is 0. The van der Waals surface area contributed by atoms with Gasteiger partial charge in [0.1, 0.15) is 24.0 Å². The van der Waals surface area contributed by atoms with Gasteiger partial charge in [0, 0.05) is 0 Å². The zero-order valence-corrected chi connectivity index (χ0v) is 9.76. The molecule has 1 aromatic rings. The van der Waals surface area contributed by atoms with Gasteiger partial charge in [-0.15, -0.1) is 5.10 Å². The fourth-order valence-corrected chi connectivity index (χ4v) is 1.01. The molecular weight excluding hydrogens is 208 g/mol. The molecule has 6 nitrogen and oxygen atoms in total. The molecule has 0 N–H and O–H groups in total. The zero-order chi connectivity index (χ0) is 12.3. The van der Waals surface area contributed by atoms with Gasteiger partial charge in [-0.2, -0.15) is 5.26 Å². The number of nitrogens with zero attached hydrogens (tertiary/aromatic N) is 4. The molecule has 0 amide bonds. The Morgan fingerprint density at radius 1 is 1.62 bits per heavy atom. The van der Waals surface area contributed by atoms with E-state index in [1.165, 1.54) is 11.0 Å². The van der Waals surface area contributed by atoms with Gasteiger partial charge >= 0.3 is 5.97 Å². The number of hydrogen-bond acceptors (Lipinski definition) is 5. The first-order chi connectivity index (χ1) is 7.33. The highest BCUT2D eigenvalue weighted by molar-refractivity contribution is 5.74. The molecule has 86 valence electrons. The van der Waals surface area contributed by atoms with Crippen molar-refractivity contribution in [1.29, 1.82) is 5.26 Å². The summed E-state index contributed by atoms with van der Waals surface area (Å²) in [4.78, 5) is 15.4. The van der Waals surface area contributed by atoms with E-state index in [1.54, 1.807) is 33.8 Å². The highest BCUT2D eigenvalue weighted by Gasteiger charge is 2.23. The second-order valence-electron chi connectivity index (χ2n) is 4.37. The number of nitriles is 1. The molecule has 0 aromatic carbocycles. The predicted molar refractivity (Wildman–Crippen MR) is 55.3 cm³/mol. The maximum Gasteiger partial charge on any atom is 0.331 e. The van der Waals surface area contributed by atoms with Gasteiger partial charge in [-0.1, -0.05) is 0 Å². The van der Waals surface area contributed by atoms with Crippen LogP contribution in [0.3, 0.4) is 0 Å². The fraction of sp³-hybridized carbons (Fsp3) is 0.600. The third-order valence-electron chi connectivity index (χ3n) is 1.75. The number of rotatable bonds is 2. The summed E-state index contributed by atoms with van der Waals surface area (Å²) in [5, 5.41) is 12.4. The van der Waals surface area contributed by atoms with Crippen LogP contribution in [0.15, 0.2) is 6.33 Å². The van der Waals surface area contributed by atoms with Crippen molar-refractivity contribution in [1.82, 2.24) is 14.8 Å². The van der Waals surface area contributed by atoms with Crippen LogP contribution in [0.5, 0.6) is 0 Å². The average molecular weight is 222 g/mol. The lowest BCUT2D eigenvalue weighted by atomic mass is 10.2. The SMILES string of the molecule is CC(C(=O)OC(C)(C)C)n1cnc(C#N)n1. The third kappa shape index (κ3) is 3.05. The number of hydrogen-bond donors (Lipinski definition) is 0. The van der Waals surface area contributed by atoms with E-state index in [1.807, 2.05) is 0 Å². The Morgan fingerprint density at radius 2 is 2.25 bits per heavy atom. The van der Waals surface area contributed by atoms with Crippen LogP contribution in [0.4, 0.5) is 0 Å². The van der Waals surface area contributed by atoms with Crippen LogP contribution in [0.25, 0.3) is 0 Å². The number of ether oxygens (including phenoxy) is 1. The molecule has 0 fully saturated rings. The molecule has 0 radical (unpaired) electrons. The molecule has 0 aliphatic rings. The fourth-order valence-electron chi connectivity index (χ4n) is 1.01. The standard InChI is InChI=1S/C10H14N4O2/c1-7(9(15)16-10(2,3)4)14-6-12-8(5-11)13-14/h6-7H,1-4H3. The number of carbonyl (C=O) groups is 1. The van der Waals surface area contributed by atoms with E-state index in [0.717, 1.165) is 0 Å². The van der Waals surface area contributed by atoms with Gasteiger partial charge in [-0.25, -0.2) is 14.5 Å². The first-order valence-electron chi connectivity index (χ1n) is 4.87. The Hall–Kier alpha value is -1.90. The highest BCUT2D eigenvalue weighted by atomic mass is 16.6. The van der Waals surface area contributed by atoms with Crippen molar-refractivity contribution >= 4 is 5.97 Å². The number of aromatic nitrogens is 3. The molecule has 1 unspecified atom stereocenters. The van der Waals surface area contributed by atoms with Gasteiger partial charge in [0.05, 0.1) is 0 Å². The van der Waals surface area contributed by atoms with Gasteiger partial charge < -0.3 is 4.74 Å². The third-order valence-corrected chi connectivity index (χ3v) is 1.75. The molecule has 0 aliphatic heterocycles. The van der Waals surface area contributed by atoms with Crippen molar-refractivity contribution < 1.29 is 9.53 Å². The smallest absolute Gasteiger partial charge is 0.331 e. The maximum absolute atomic E-state index is 11.7. The Morgan fingerprint density at radius 3 is 2.69 bits per heavy atom. The Labute approximate surface area is 93.8 Å². The normalized spacial score (nSPS) is 12.9. The van der Waals surface area contributed by atoms with Crippen molar-refractivity contribution in [2.45, 2.75) is 39.3 Å². The quantitative estimate of drug-likeness (QED) is 0.699. The van der Waals surface area contributed by atoms with Crippen molar-refractivity contribution in [2.75, 3.05) is 0 Å². The summed E-state index contributed by atoms with van der Waals surface area (Å²) in [6.45, 7) is 7.02. The van der Waals surface area contributed by atoms with E-state index >= 15 is 0 Å². The van der Waals surface area contributed by atoms with Crippen LogP contribution >= 0.6 is 0 Å². The molecule has 0 aliphatic carbocycles. The summed E-state index contributed by atoms with van der Waals surface area (Å²) in [5.74, 6) is -0.364. The largest absolute Gasteiger partial charge is 0.458 e. The van der Waals surface area contributed by atoms with Crippen LogP contribution in [-0.4, -0.2) is 26.3 Å². The topological polar surface area (TPSA) is 80.8 Å². The molecule has 0 spiro atoms. The van der Waals surface area contributed by atoms with E-state index in [4.69, 9.17) is 10.00 Å². The van der Waals surface area contributed by atoms with Crippen LogP contribution in [0, 0.1) is 11.3 Å². The van der Waals surface area contributed by atoms with Crippen molar-refractivity contribution in [3.63, 3.8) is 0 Å². The van der Waals surface area contributed by atoms with Crippen LogP contribution in [-0.2, 0) is 9.53 Å². The van der Waals surface area contributed by atoms with Crippen LogP contribution < -0.4 is 0 Å². The summed E-state index contributed by atoms with van der Waals surface area (Å²) in [6.07, 6.45) is 1.34. The zero-order valence-electron chi connectivity index (χ0n) is 9.76. The molecule has 1 rings (SSSR count). The van der Waals surface area contributed by atoms with Gasteiger partial charge in [0.25, 0.3) is 5.82 Å². The van der Waals surface area contributed by atoms with E-state index < -0.39 is 17.6 Å². The first-order valence-corrected chi connectivity index (χ1v) is 4.87. The van der Waals surface area contributed by atoms with Gasteiger partial charge in [0.2, 0.25) is 0 Å². The Balaban J connectivity index is 2.75. The second-order valence-corrected chi connectivity index (χ2v) is 4.37. The summed E-state index contributed by atoms with van der Waals surface area (Å²) < 4.78 is 6.50. The number of esters is 1. The average Bonchev–Trinajstić information content (AvgIpc) is 2.61. The minimum absolute atomic E-state index is 0.0374. The molecule has 1 heterocycles. The minimum Gasteiger partial charge on any atom is -0.458 e. The monoisotopic (exact) mass is 222 g/mol. The highest BCUT2D eigenvalue weighted by Crippen LogP contribution is 2.13. The number of carbonyl (C=O) groups excluding carboxylic acids is 1. The van der Waals surface area contributed by atoms with Gasteiger partial charge in [-0.05, 0) is 27.7 Å². The van der Waals surface area contributed by atoms with E-state index in [-0.39, 0.29) is 5.82 Å². The molecule has 0 saturated carbocycles. The second kappa shape index (κ2) is 4.31. The van der Waals surface area contributed by atoms with E-state index in [9.17, 15) is 4.79 Å². The summed E-state index contributed by atoms with van der Waals surface area (Å²) in [7, 11) is 0. The molecule has 1 aromatic heterocycles. The summed E-state index contributed by atoms with van der Waals surface area (Å²) in [6, 6.07) is 1.21. The summed E-state index contributed by atoms with van der Waals surface area (Å²) in [5.41, 5.74) is -0.538. The van der Waals surface area contributed by atoms with Gasteiger partial charge in [-0.3, -0.25) is 0 Å². The Bertz CT molecular complexity index is 425. The van der Waals surface area contributed by atoms with Crippen molar-refractivity contribution in [2.24, 2.45) is 0 Å². The van der Waals surface area contributed by atoms with E-state index in [0.29, 0.717) is 0 Å². The molecule has 0 bridgehead atoms. The van der Waals surface area contributed by atoms with Crippen molar-refractivity contribution in [3.8, 4) is 6.07 Å². The molecule has 0 saturated heterocycles. The molecule has 16 heavy (non-hydrogen) atoms. The minimum atomic E-state index is -0.589. The van der Waals surface area contributed by atoms with Crippen LogP contribution in [0.2, 0.25) is 0 Å². The lowest BCUT2D eigenvalue weighted by Gasteiger charge is -2.22.